The number of ketones is 1. The molecule has 4 N–H and O–H groups in total. The smallest absolute Gasteiger partial charge is 0.161 e. The number of nitrogens with zero attached hydrogens (tertiary/aromatic N) is 2. The molecule has 31 heavy (non-hydrogen) atoms. The molecule has 0 amide bonds. The van der Waals surface area contributed by atoms with E-state index in [0.717, 1.165) is 27.1 Å². The number of aromatic nitrogens is 2. The minimum absolute atomic E-state index is 0.0123. The molecule has 0 saturated carbocycles. The van der Waals surface area contributed by atoms with Crippen molar-refractivity contribution in [2.75, 3.05) is 11.5 Å². The highest BCUT2D eigenvalue weighted by Crippen LogP contribution is 2.26. The molecule has 2 heterocycles. The van der Waals surface area contributed by atoms with Crippen molar-refractivity contribution in [3.05, 3.63) is 90.0 Å². The average Bonchev–Trinajstić information content (AvgIpc) is 2.76. The van der Waals surface area contributed by atoms with E-state index in [-0.39, 0.29) is 5.78 Å². The van der Waals surface area contributed by atoms with E-state index in [0.29, 0.717) is 22.1 Å². The lowest BCUT2D eigenvalue weighted by molar-refractivity contribution is 0.101. The van der Waals surface area contributed by atoms with Crippen molar-refractivity contribution in [3.8, 4) is 22.3 Å². The maximum Gasteiger partial charge on any atom is 0.161 e. The summed E-state index contributed by atoms with van der Waals surface area (Å²) < 4.78 is 0. The highest BCUT2D eigenvalue weighted by molar-refractivity contribution is 7.80. The third kappa shape index (κ3) is 6.07. The van der Waals surface area contributed by atoms with E-state index < -0.39 is 0 Å². The van der Waals surface area contributed by atoms with Gasteiger partial charge in [-0.3, -0.25) is 9.78 Å². The molecule has 0 bridgehead atoms. The number of Topliss-reactive ketones (excluding diaryl/α,β-unsaturated/α-hetero) is 1. The Hall–Kier alpha value is -3.35. The largest absolute Gasteiger partial charge is 0.399 e. The lowest BCUT2D eigenvalue weighted by Gasteiger charge is -2.04. The van der Waals surface area contributed by atoms with Crippen LogP contribution in [-0.4, -0.2) is 15.8 Å². The van der Waals surface area contributed by atoms with Gasteiger partial charge in [0.15, 0.2) is 10.9 Å². The Labute approximate surface area is 191 Å². The lowest BCUT2D eigenvalue weighted by atomic mass is 10.0. The minimum Gasteiger partial charge on any atom is -0.399 e. The van der Waals surface area contributed by atoms with Crippen LogP contribution in [0.5, 0.6) is 0 Å². The molecule has 0 aliphatic carbocycles. The topological polar surface area (TPSA) is 94.9 Å². The van der Waals surface area contributed by atoms with E-state index >= 15 is 0 Å². The van der Waals surface area contributed by atoms with Crippen LogP contribution in [-0.2, 0) is 0 Å². The summed E-state index contributed by atoms with van der Waals surface area (Å²) >= 11 is 10.0. The molecule has 4 aromatic rings. The summed E-state index contributed by atoms with van der Waals surface area (Å²) in [6.45, 7) is 1.53. The predicted octanol–water partition coefficient (Wildman–Crippen LogP) is 5.81. The number of nitrogens with two attached hydrogens (primary N) is 2. The van der Waals surface area contributed by atoms with Crippen molar-refractivity contribution >= 4 is 41.4 Å². The second kappa shape index (κ2) is 10.1. The van der Waals surface area contributed by atoms with Crippen LogP contribution in [0.2, 0.25) is 5.15 Å². The summed E-state index contributed by atoms with van der Waals surface area (Å²) in [5.74, 6) is 0.0123. The fourth-order valence-electron chi connectivity index (χ4n) is 2.82. The Kier molecular flexibility index (Phi) is 7.28. The van der Waals surface area contributed by atoms with Gasteiger partial charge in [-0.1, -0.05) is 35.9 Å². The fourth-order valence-corrected chi connectivity index (χ4v) is 3.15. The van der Waals surface area contributed by atoms with E-state index in [1.165, 1.54) is 6.92 Å². The lowest BCUT2D eigenvalue weighted by Crippen LogP contribution is -1.94. The van der Waals surface area contributed by atoms with Crippen molar-refractivity contribution < 1.29 is 4.79 Å². The van der Waals surface area contributed by atoms with Crippen molar-refractivity contribution in [1.82, 2.24) is 9.97 Å². The van der Waals surface area contributed by atoms with E-state index in [1.54, 1.807) is 24.7 Å². The van der Waals surface area contributed by atoms with Gasteiger partial charge in [0.1, 0.15) is 0 Å². The van der Waals surface area contributed by atoms with Gasteiger partial charge in [0.25, 0.3) is 0 Å². The molecule has 0 aliphatic heterocycles. The summed E-state index contributed by atoms with van der Waals surface area (Å²) in [6.07, 6.45) is 4.99. The third-order valence-corrected chi connectivity index (χ3v) is 5.00. The first kappa shape index (κ1) is 22.3. The van der Waals surface area contributed by atoms with Gasteiger partial charge in [0.05, 0.1) is 5.69 Å². The maximum absolute atomic E-state index is 11.2. The van der Waals surface area contributed by atoms with Gasteiger partial charge in [0, 0.05) is 45.9 Å². The van der Waals surface area contributed by atoms with Gasteiger partial charge in [-0.25, -0.2) is 4.98 Å². The third-order valence-electron chi connectivity index (χ3n) is 4.41. The van der Waals surface area contributed by atoms with Crippen molar-refractivity contribution in [1.29, 1.82) is 0 Å². The number of hydrogen-bond donors (Lipinski definition) is 3. The number of carbonyl (C=O) groups excluding carboxylic acids is 1. The Morgan fingerprint density at radius 2 is 1.55 bits per heavy atom. The van der Waals surface area contributed by atoms with Gasteiger partial charge in [-0.15, -0.1) is 12.6 Å². The summed E-state index contributed by atoms with van der Waals surface area (Å²) in [7, 11) is 0. The predicted molar refractivity (Wildman–Crippen MR) is 130 cm³/mol. The maximum atomic E-state index is 11.2. The van der Waals surface area contributed by atoms with Crippen LogP contribution in [0.15, 0.2) is 84.1 Å². The highest BCUT2D eigenvalue weighted by atomic mass is 35.5. The number of benzene rings is 2. The molecular weight excluding hydrogens is 428 g/mol. The van der Waals surface area contributed by atoms with Crippen LogP contribution in [0.25, 0.3) is 22.3 Å². The number of thiol groups is 1. The number of anilines is 2. The van der Waals surface area contributed by atoms with Gasteiger partial charge in [-0.05, 0) is 54.4 Å². The highest BCUT2D eigenvalue weighted by Gasteiger charge is 2.04. The van der Waals surface area contributed by atoms with Crippen LogP contribution < -0.4 is 11.5 Å². The zero-order valence-corrected chi connectivity index (χ0v) is 18.4. The summed E-state index contributed by atoms with van der Waals surface area (Å²) in [6, 6.07) is 18.9. The van der Waals surface area contributed by atoms with E-state index in [4.69, 9.17) is 23.1 Å². The van der Waals surface area contributed by atoms with Crippen LogP contribution in [0.4, 0.5) is 11.4 Å². The van der Waals surface area contributed by atoms with Crippen LogP contribution in [0.1, 0.15) is 17.3 Å². The quantitative estimate of drug-likeness (QED) is 0.159. The number of pyridine rings is 2. The number of hydrogen-bond acceptors (Lipinski definition) is 6. The molecule has 4 rings (SSSR count). The molecule has 7 heteroatoms. The van der Waals surface area contributed by atoms with Crippen LogP contribution >= 0.6 is 24.2 Å². The molecule has 0 aliphatic rings. The number of halogens is 1. The first-order chi connectivity index (χ1) is 14.8. The van der Waals surface area contributed by atoms with Crippen molar-refractivity contribution in [2.24, 2.45) is 0 Å². The minimum atomic E-state index is 0.0123. The molecule has 2 aromatic heterocycles. The number of carbonyl (C=O) groups is 1. The zero-order chi connectivity index (χ0) is 22.4. The SMILES string of the molecule is CC(=O)c1cncc(-c2cccc(N)c2)c1.Nc1cc(-c2cccc(S)c2)cnc1Cl. The normalized spacial score (nSPS) is 10.2. The standard InChI is InChI=1S/C13H12N2O.C11H9ClN2S/c1-9(16)11-5-12(8-15-7-11)10-3-2-4-13(14)6-10;12-11-10(13)5-8(6-14-11)7-2-1-3-9(15)4-7/h2-8H,14H2,1H3;1-6,15H,13H2. The Morgan fingerprint density at radius 1 is 0.871 bits per heavy atom. The van der Waals surface area contributed by atoms with E-state index in [2.05, 4.69) is 22.6 Å². The molecule has 0 atom stereocenters. The Balaban J connectivity index is 0.000000176. The molecule has 2 aromatic carbocycles. The average molecular weight is 449 g/mol. The van der Waals surface area contributed by atoms with Crippen molar-refractivity contribution in [3.63, 3.8) is 0 Å². The van der Waals surface area contributed by atoms with Crippen molar-refractivity contribution in [2.45, 2.75) is 11.8 Å². The summed E-state index contributed by atoms with van der Waals surface area (Å²) in [4.78, 5) is 20.2. The molecule has 0 fully saturated rings. The second-order valence-corrected chi connectivity index (χ2v) is 7.67. The molecule has 156 valence electrons. The summed E-state index contributed by atoms with van der Waals surface area (Å²) in [5, 5.41) is 0.334. The fraction of sp³-hybridized carbons (Fsp3) is 0.0417. The van der Waals surface area contributed by atoms with Crippen LogP contribution in [0.3, 0.4) is 0 Å². The van der Waals surface area contributed by atoms with Gasteiger partial charge in [-0.2, -0.15) is 0 Å². The molecule has 5 nitrogen and oxygen atoms in total. The Morgan fingerprint density at radius 3 is 2.19 bits per heavy atom. The second-order valence-electron chi connectivity index (χ2n) is 6.80. The first-order valence-electron chi connectivity index (χ1n) is 9.36. The van der Waals surface area contributed by atoms with Gasteiger partial charge in [0.2, 0.25) is 0 Å². The molecular formula is C24H21ClN4OS. The number of rotatable bonds is 3. The van der Waals surface area contributed by atoms with E-state index in [9.17, 15) is 4.79 Å². The van der Waals surface area contributed by atoms with E-state index in [1.807, 2.05) is 54.6 Å². The van der Waals surface area contributed by atoms with Gasteiger partial charge < -0.3 is 11.5 Å². The van der Waals surface area contributed by atoms with Crippen LogP contribution in [0, 0.1) is 0 Å². The molecule has 0 saturated heterocycles. The molecule has 0 radical (unpaired) electrons. The molecule has 0 unspecified atom stereocenters. The summed E-state index contributed by atoms with van der Waals surface area (Å²) in [5.41, 5.74) is 17.0. The first-order valence-corrected chi connectivity index (χ1v) is 10.2. The Bertz CT molecular complexity index is 1230. The number of nitrogen functional groups attached to an aromatic ring is 2. The monoisotopic (exact) mass is 448 g/mol. The molecule has 0 spiro atoms. The van der Waals surface area contributed by atoms with Gasteiger partial charge >= 0.3 is 0 Å². The zero-order valence-electron chi connectivity index (χ0n) is 16.8.